The molecule has 7 heteroatoms. The minimum atomic E-state index is -1.73. The highest BCUT2D eigenvalue weighted by Gasteiger charge is 2.17. The second kappa shape index (κ2) is 6.77. The van der Waals surface area contributed by atoms with Gasteiger partial charge in [-0.25, -0.2) is 8.78 Å². The highest BCUT2D eigenvalue weighted by Crippen LogP contribution is 2.22. The van der Waals surface area contributed by atoms with Crippen molar-refractivity contribution in [2.24, 2.45) is 0 Å². The second-order valence-corrected chi connectivity index (χ2v) is 3.45. The van der Waals surface area contributed by atoms with Crippen LogP contribution in [0, 0.1) is 17.5 Å². The minimum absolute atomic E-state index is 0.172. The number of halogens is 3. The second-order valence-electron chi connectivity index (χ2n) is 3.45. The largest absolute Gasteiger partial charge is 0.466 e. The summed E-state index contributed by atoms with van der Waals surface area (Å²) in [6.07, 6.45) is -0.588. The van der Waals surface area contributed by atoms with E-state index in [0.29, 0.717) is 6.07 Å². The summed E-state index contributed by atoms with van der Waals surface area (Å²) < 4.78 is 47.7. The van der Waals surface area contributed by atoms with E-state index in [4.69, 9.17) is 0 Å². The number of carbonyl (C=O) groups is 2. The highest BCUT2D eigenvalue weighted by molar-refractivity contribution is 5.79. The van der Waals surface area contributed by atoms with Crippen LogP contribution in [0.2, 0.25) is 0 Å². The zero-order valence-corrected chi connectivity index (χ0v) is 10.0. The molecule has 0 heterocycles. The molecular weight excluding hydrogens is 265 g/mol. The Bertz CT molecular complexity index is 488. The lowest BCUT2D eigenvalue weighted by Crippen LogP contribution is -2.13. The lowest BCUT2D eigenvalue weighted by molar-refractivity contribution is -0.146. The molecule has 0 saturated heterocycles. The van der Waals surface area contributed by atoms with Gasteiger partial charge in [0.1, 0.15) is 0 Å². The van der Waals surface area contributed by atoms with E-state index in [2.05, 4.69) is 9.47 Å². The Hall–Kier alpha value is -2.05. The van der Waals surface area contributed by atoms with Crippen molar-refractivity contribution in [3.05, 3.63) is 29.6 Å². The molecule has 0 amide bonds. The first-order valence-corrected chi connectivity index (χ1v) is 5.45. The summed E-state index contributed by atoms with van der Waals surface area (Å²) in [5, 5.41) is 0. The molecule has 0 radical (unpaired) electrons. The van der Waals surface area contributed by atoms with Gasteiger partial charge in [-0.05, 0) is 19.1 Å². The van der Waals surface area contributed by atoms with Crippen molar-refractivity contribution in [2.75, 3.05) is 6.61 Å². The molecule has 0 aliphatic carbocycles. The van der Waals surface area contributed by atoms with Crippen molar-refractivity contribution < 1.29 is 32.2 Å². The molecule has 19 heavy (non-hydrogen) atoms. The van der Waals surface area contributed by atoms with Gasteiger partial charge in [-0.3, -0.25) is 9.59 Å². The quantitative estimate of drug-likeness (QED) is 0.470. The first-order valence-electron chi connectivity index (χ1n) is 5.45. The lowest BCUT2D eigenvalue weighted by atomic mass is 10.3. The molecule has 4 nitrogen and oxygen atoms in total. The minimum Gasteiger partial charge on any atom is -0.466 e. The van der Waals surface area contributed by atoms with Gasteiger partial charge in [0, 0.05) is 0 Å². The van der Waals surface area contributed by atoms with E-state index in [1.807, 2.05) is 0 Å². The van der Waals surface area contributed by atoms with E-state index in [0.717, 1.165) is 6.07 Å². The fourth-order valence-electron chi connectivity index (χ4n) is 1.20. The molecule has 0 N–H and O–H groups in total. The number of carbonyl (C=O) groups excluding carboxylic acids is 2. The van der Waals surface area contributed by atoms with Gasteiger partial charge in [-0.1, -0.05) is 0 Å². The number of hydrogen-bond donors (Lipinski definition) is 0. The maximum Gasteiger partial charge on any atom is 0.311 e. The average molecular weight is 276 g/mol. The summed E-state index contributed by atoms with van der Waals surface area (Å²) in [4.78, 5) is 22.2. The molecule has 0 spiro atoms. The molecular formula is C12H11F3O4. The van der Waals surface area contributed by atoms with Crippen LogP contribution in [-0.2, 0) is 14.3 Å². The number of ether oxygens (including phenoxy) is 2. The summed E-state index contributed by atoms with van der Waals surface area (Å²) in [7, 11) is 0. The summed E-state index contributed by atoms with van der Waals surface area (Å²) in [6.45, 7) is 1.78. The summed E-state index contributed by atoms with van der Waals surface area (Å²) in [5.74, 6) is -6.99. The Kier molecular flexibility index (Phi) is 5.35. The monoisotopic (exact) mass is 276 g/mol. The van der Waals surface area contributed by atoms with Crippen molar-refractivity contribution in [3.8, 4) is 5.75 Å². The Morgan fingerprint density at radius 1 is 1.05 bits per heavy atom. The predicted molar refractivity (Wildman–Crippen MR) is 57.8 cm³/mol. The SMILES string of the molecule is CCOC(=O)CCC(=O)Oc1ccc(F)c(F)c1F. The van der Waals surface area contributed by atoms with Crippen LogP contribution in [0.5, 0.6) is 5.75 Å². The summed E-state index contributed by atoms with van der Waals surface area (Å²) in [5.41, 5.74) is 0. The van der Waals surface area contributed by atoms with Crippen molar-refractivity contribution in [1.29, 1.82) is 0 Å². The molecule has 0 aromatic heterocycles. The van der Waals surface area contributed by atoms with Crippen LogP contribution in [0.15, 0.2) is 12.1 Å². The molecule has 104 valence electrons. The third kappa shape index (κ3) is 4.27. The fourth-order valence-corrected chi connectivity index (χ4v) is 1.20. The number of rotatable bonds is 5. The summed E-state index contributed by atoms with van der Waals surface area (Å²) >= 11 is 0. The van der Waals surface area contributed by atoms with Crippen LogP contribution < -0.4 is 4.74 Å². The molecule has 0 unspecified atom stereocenters. The third-order valence-electron chi connectivity index (χ3n) is 2.06. The van der Waals surface area contributed by atoms with Gasteiger partial charge in [0.25, 0.3) is 0 Å². The fraction of sp³-hybridized carbons (Fsp3) is 0.333. The van der Waals surface area contributed by atoms with E-state index in [-0.39, 0.29) is 19.4 Å². The maximum absolute atomic E-state index is 13.2. The van der Waals surface area contributed by atoms with E-state index in [9.17, 15) is 22.8 Å². The van der Waals surface area contributed by atoms with Crippen molar-refractivity contribution >= 4 is 11.9 Å². The van der Waals surface area contributed by atoms with Crippen LogP contribution >= 0.6 is 0 Å². The zero-order valence-electron chi connectivity index (χ0n) is 10.0. The Morgan fingerprint density at radius 2 is 1.68 bits per heavy atom. The molecule has 0 atom stereocenters. The van der Waals surface area contributed by atoms with Crippen LogP contribution in [-0.4, -0.2) is 18.5 Å². The van der Waals surface area contributed by atoms with E-state index < -0.39 is 35.1 Å². The molecule has 0 aliphatic heterocycles. The highest BCUT2D eigenvalue weighted by atomic mass is 19.2. The van der Waals surface area contributed by atoms with Crippen LogP contribution in [0.1, 0.15) is 19.8 Å². The number of benzene rings is 1. The summed E-state index contributed by atoms with van der Waals surface area (Å²) in [6, 6.07) is 1.42. The third-order valence-corrected chi connectivity index (χ3v) is 2.06. The first kappa shape index (κ1) is 15.0. The van der Waals surface area contributed by atoms with Crippen molar-refractivity contribution in [2.45, 2.75) is 19.8 Å². The van der Waals surface area contributed by atoms with Crippen LogP contribution in [0.3, 0.4) is 0 Å². The maximum atomic E-state index is 13.2. The smallest absolute Gasteiger partial charge is 0.311 e. The van der Waals surface area contributed by atoms with Gasteiger partial charge in [0.15, 0.2) is 17.4 Å². The van der Waals surface area contributed by atoms with Crippen molar-refractivity contribution in [1.82, 2.24) is 0 Å². The molecule has 0 bridgehead atoms. The molecule has 1 rings (SSSR count). The van der Waals surface area contributed by atoms with Gasteiger partial charge >= 0.3 is 11.9 Å². The normalized spacial score (nSPS) is 10.1. The predicted octanol–water partition coefficient (Wildman–Crippen LogP) is 2.35. The van der Waals surface area contributed by atoms with Gasteiger partial charge in [0.2, 0.25) is 5.82 Å². The Morgan fingerprint density at radius 3 is 2.32 bits per heavy atom. The average Bonchev–Trinajstić information content (AvgIpc) is 2.37. The van der Waals surface area contributed by atoms with E-state index >= 15 is 0 Å². The topological polar surface area (TPSA) is 52.6 Å². The van der Waals surface area contributed by atoms with Gasteiger partial charge < -0.3 is 9.47 Å². The standard InChI is InChI=1S/C12H11F3O4/c1-2-18-9(16)5-6-10(17)19-8-4-3-7(13)11(14)12(8)15/h3-4H,2,5-6H2,1H3. The molecule has 0 saturated carbocycles. The van der Waals surface area contributed by atoms with E-state index in [1.54, 1.807) is 6.92 Å². The Balaban J connectivity index is 2.58. The van der Waals surface area contributed by atoms with E-state index in [1.165, 1.54) is 0 Å². The number of esters is 2. The van der Waals surface area contributed by atoms with Gasteiger partial charge in [0.05, 0.1) is 19.4 Å². The van der Waals surface area contributed by atoms with Gasteiger partial charge in [-0.15, -0.1) is 0 Å². The van der Waals surface area contributed by atoms with Crippen LogP contribution in [0.4, 0.5) is 13.2 Å². The first-order chi connectivity index (χ1) is 8.95. The molecule has 1 aromatic carbocycles. The van der Waals surface area contributed by atoms with Crippen molar-refractivity contribution in [3.63, 3.8) is 0 Å². The molecule has 0 aliphatic rings. The number of hydrogen-bond acceptors (Lipinski definition) is 4. The zero-order chi connectivity index (χ0) is 14.4. The molecule has 1 aromatic rings. The van der Waals surface area contributed by atoms with Crippen LogP contribution in [0.25, 0.3) is 0 Å². The Labute approximate surface area is 107 Å². The molecule has 0 fully saturated rings. The van der Waals surface area contributed by atoms with Gasteiger partial charge in [-0.2, -0.15) is 4.39 Å². The lowest BCUT2D eigenvalue weighted by Gasteiger charge is -2.06.